The van der Waals surface area contributed by atoms with Crippen LogP contribution in [0.5, 0.6) is 5.75 Å². The topological polar surface area (TPSA) is 77.8 Å². The zero-order chi connectivity index (χ0) is 19.8. The number of aromatic hydroxyl groups is 1. The van der Waals surface area contributed by atoms with Crippen molar-refractivity contribution >= 4 is 40.3 Å². The van der Waals surface area contributed by atoms with E-state index in [1.165, 1.54) is 28.4 Å². The molecule has 28 heavy (non-hydrogen) atoms. The van der Waals surface area contributed by atoms with Crippen LogP contribution >= 0.6 is 22.9 Å². The summed E-state index contributed by atoms with van der Waals surface area (Å²) in [6.45, 7) is 0. The summed E-state index contributed by atoms with van der Waals surface area (Å²) in [5.41, 5.74) is 0.904. The molecule has 1 aliphatic heterocycles. The van der Waals surface area contributed by atoms with Gasteiger partial charge in [0.2, 0.25) is 5.78 Å². The second-order valence-corrected chi connectivity index (χ2v) is 7.61. The van der Waals surface area contributed by atoms with Crippen LogP contribution in [0.25, 0.3) is 0 Å². The molecule has 5 nitrogen and oxygen atoms in total. The summed E-state index contributed by atoms with van der Waals surface area (Å²) < 4.78 is 0. The molecule has 0 saturated carbocycles. The Morgan fingerprint density at radius 1 is 1.04 bits per heavy atom. The highest BCUT2D eigenvalue weighted by Gasteiger charge is 2.45. The predicted octanol–water partition coefficient (Wildman–Crippen LogP) is 4.89. The van der Waals surface area contributed by atoms with Gasteiger partial charge in [0.25, 0.3) is 5.91 Å². The molecule has 2 N–H and O–H groups in total. The Kier molecular flexibility index (Phi) is 4.66. The maximum Gasteiger partial charge on any atom is 0.294 e. The number of phenolic OH excluding ortho intramolecular Hbond substituents is 1. The van der Waals surface area contributed by atoms with Crippen LogP contribution in [-0.4, -0.2) is 21.9 Å². The summed E-state index contributed by atoms with van der Waals surface area (Å²) in [5, 5.41) is 22.7. The zero-order valence-corrected chi connectivity index (χ0v) is 15.9. The van der Waals surface area contributed by atoms with E-state index in [1.807, 2.05) is 0 Å². The average Bonchev–Trinajstić information content (AvgIpc) is 3.29. The molecule has 0 saturated heterocycles. The van der Waals surface area contributed by atoms with Crippen LogP contribution in [0, 0.1) is 0 Å². The fourth-order valence-corrected chi connectivity index (χ4v) is 4.14. The molecule has 2 heterocycles. The highest BCUT2D eigenvalue weighted by Crippen LogP contribution is 2.43. The number of nitrogens with zero attached hydrogens (tertiary/aromatic N) is 1. The van der Waals surface area contributed by atoms with E-state index < -0.39 is 23.5 Å². The predicted molar refractivity (Wildman–Crippen MR) is 108 cm³/mol. The van der Waals surface area contributed by atoms with Crippen LogP contribution in [-0.2, 0) is 4.79 Å². The molecule has 0 radical (unpaired) electrons. The van der Waals surface area contributed by atoms with Crippen molar-refractivity contribution in [3.8, 4) is 5.75 Å². The summed E-state index contributed by atoms with van der Waals surface area (Å²) in [4.78, 5) is 27.8. The van der Waals surface area contributed by atoms with Gasteiger partial charge in [0, 0.05) is 10.7 Å². The number of Topliss-reactive ketones (excluding diaryl/α,β-unsaturated/α-hetero) is 1. The number of benzene rings is 2. The number of carbonyl (C=O) groups is 2. The number of thiophene rings is 1. The first kappa shape index (κ1) is 18.3. The number of phenols is 1. The van der Waals surface area contributed by atoms with Crippen LogP contribution in [0.2, 0.25) is 5.02 Å². The van der Waals surface area contributed by atoms with Crippen LogP contribution in [0.1, 0.15) is 21.3 Å². The van der Waals surface area contributed by atoms with Gasteiger partial charge in [0.15, 0.2) is 5.76 Å². The average molecular weight is 412 g/mol. The van der Waals surface area contributed by atoms with Crippen molar-refractivity contribution in [3.05, 3.63) is 92.8 Å². The molecule has 4 rings (SSSR count). The lowest BCUT2D eigenvalue weighted by Gasteiger charge is -2.27. The molecule has 2 aromatic carbocycles. The number of rotatable bonds is 4. The smallest absolute Gasteiger partial charge is 0.294 e. The molecule has 1 amide bonds. The fraction of sp³-hybridized carbons (Fsp3) is 0.0476. The first-order valence-electron chi connectivity index (χ1n) is 8.37. The van der Waals surface area contributed by atoms with E-state index in [0.717, 1.165) is 0 Å². The molecule has 0 bridgehead atoms. The van der Waals surface area contributed by atoms with Crippen LogP contribution in [0.15, 0.2) is 77.4 Å². The lowest BCUT2D eigenvalue weighted by Crippen LogP contribution is -2.31. The van der Waals surface area contributed by atoms with Crippen LogP contribution < -0.4 is 4.90 Å². The van der Waals surface area contributed by atoms with Crippen LogP contribution in [0.3, 0.4) is 0 Å². The standard InChI is InChI=1S/C21H14ClNO4S/c22-13-5-2-6-14(11-13)23-18(12-4-1-7-15(24)10-12)17(20(26)21(23)27)19(25)16-8-3-9-28-16/h1-11,18,24,26H. The maximum absolute atomic E-state index is 13.1. The summed E-state index contributed by atoms with van der Waals surface area (Å²) in [6, 6.07) is 15.3. The first-order valence-corrected chi connectivity index (χ1v) is 9.62. The number of amides is 1. The Hall–Kier alpha value is -3.09. The lowest BCUT2D eigenvalue weighted by atomic mass is 9.95. The maximum atomic E-state index is 13.1. The zero-order valence-electron chi connectivity index (χ0n) is 14.4. The Bertz CT molecular complexity index is 1110. The van der Waals surface area contributed by atoms with Gasteiger partial charge in [0.1, 0.15) is 5.75 Å². The molecule has 1 unspecified atom stereocenters. The SMILES string of the molecule is O=C(C1=C(O)C(=O)N(c2cccc(Cl)c2)C1c1cccc(O)c1)c1cccs1. The Morgan fingerprint density at radius 3 is 2.50 bits per heavy atom. The Morgan fingerprint density at radius 2 is 1.82 bits per heavy atom. The van der Waals surface area contributed by atoms with Gasteiger partial charge in [0.05, 0.1) is 16.5 Å². The summed E-state index contributed by atoms with van der Waals surface area (Å²) >= 11 is 7.31. The molecule has 7 heteroatoms. The monoisotopic (exact) mass is 411 g/mol. The molecule has 1 atom stereocenters. The van der Waals surface area contributed by atoms with Gasteiger partial charge in [-0.1, -0.05) is 35.9 Å². The summed E-state index contributed by atoms with van der Waals surface area (Å²) in [6.07, 6.45) is 0. The van der Waals surface area contributed by atoms with Gasteiger partial charge in [-0.25, -0.2) is 0 Å². The van der Waals surface area contributed by atoms with E-state index in [4.69, 9.17) is 11.6 Å². The number of carbonyl (C=O) groups excluding carboxylic acids is 2. The van der Waals surface area contributed by atoms with Crippen molar-refractivity contribution in [2.45, 2.75) is 6.04 Å². The van der Waals surface area contributed by atoms with Gasteiger partial charge in [-0.3, -0.25) is 14.5 Å². The highest BCUT2D eigenvalue weighted by atomic mass is 35.5. The van der Waals surface area contributed by atoms with Crippen molar-refractivity contribution in [3.63, 3.8) is 0 Å². The van der Waals surface area contributed by atoms with E-state index in [0.29, 0.717) is 21.2 Å². The number of aliphatic hydroxyl groups excluding tert-OH is 1. The number of aliphatic hydroxyl groups is 1. The third kappa shape index (κ3) is 3.06. The van der Waals surface area contributed by atoms with Gasteiger partial charge in [-0.2, -0.15) is 0 Å². The van der Waals surface area contributed by atoms with Gasteiger partial charge in [-0.15, -0.1) is 11.3 Å². The van der Waals surface area contributed by atoms with Crippen molar-refractivity contribution < 1.29 is 19.8 Å². The molecule has 1 aromatic heterocycles. The normalized spacial score (nSPS) is 16.7. The van der Waals surface area contributed by atoms with E-state index in [9.17, 15) is 19.8 Å². The molecule has 1 aliphatic rings. The summed E-state index contributed by atoms with van der Waals surface area (Å²) in [7, 11) is 0. The van der Waals surface area contributed by atoms with Gasteiger partial charge >= 0.3 is 0 Å². The number of hydrogen-bond acceptors (Lipinski definition) is 5. The van der Waals surface area contributed by atoms with Crippen molar-refractivity contribution in [2.24, 2.45) is 0 Å². The highest BCUT2D eigenvalue weighted by molar-refractivity contribution is 7.12. The van der Waals surface area contributed by atoms with Crippen LogP contribution in [0.4, 0.5) is 5.69 Å². The Labute approximate surface area is 169 Å². The quantitative estimate of drug-likeness (QED) is 0.599. The largest absolute Gasteiger partial charge is 0.508 e. The van der Waals surface area contributed by atoms with E-state index >= 15 is 0 Å². The Balaban J connectivity index is 1.91. The van der Waals surface area contributed by atoms with Gasteiger partial charge in [-0.05, 0) is 47.3 Å². The molecule has 0 fully saturated rings. The second kappa shape index (κ2) is 7.14. The molecule has 0 spiro atoms. The third-order valence-electron chi connectivity index (χ3n) is 4.47. The number of anilines is 1. The number of halogens is 1. The summed E-state index contributed by atoms with van der Waals surface area (Å²) in [5.74, 6) is -1.74. The van der Waals surface area contributed by atoms with Crippen molar-refractivity contribution in [1.29, 1.82) is 0 Å². The van der Waals surface area contributed by atoms with E-state index in [2.05, 4.69) is 0 Å². The minimum absolute atomic E-state index is 0.00898. The number of ketones is 1. The molecule has 140 valence electrons. The molecule has 3 aromatic rings. The third-order valence-corrected chi connectivity index (χ3v) is 5.57. The molecular formula is C21H14ClNO4S. The van der Waals surface area contributed by atoms with Crippen molar-refractivity contribution in [2.75, 3.05) is 4.90 Å². The first-order chi connectivity index (χ1) is 13.5. The molecular weight excluding hydrogens is 398 g/mol. The second-order valence-electron chi connectivity index (χ2n) is 6.22. The fourth-order valence-electron chi connectivity index (χ4n) is 3.28. The lowest BCUT2D eigenvalue weighted by molar-refractivity contribution is -0.117. The van der Waals surface area contributed by atoms with Crippen molar-refractivity contribution in [1.82, 2.24) is 0 Å². The minimum Gasteiger partial charge on any atom is -0.508 e. The minimum atomic E-state index is -0.896. The van der Waals surface area contributed by atoms with E-state index in [1.54, 1.807) is 53.9 Å². The number of hydrogen-bond donors (Lipinski definition) is 2. The molecule has 0 aliphatic carbocycles. The van der Waals surface area contributed by atoms with Gasteiger partial charge < -0.3 is 10.2 Å². The van der Waals surface area contributed by atoms with E-state index in [-0.39, 0.29) is 11.3 Å².